The van der Waals surface area contributed by atoms with E-state index in [1.165, 1.54) is 0 Å². The molecule has 2 radical (unpaired) electrons. The third-order valence-corrected chi connectivity index (χ3v) is 2.06. The summed E-state index contributed by atoms with van der Waals surface area (Å²) in [5.74, 6) is -3.48. The molecule has 0 amide bonds. The van der Waals surface area contributed by atoms with Crippen LogP contribution in [0.25, 0.3) is 0 Å². The van der Waals surface area contributed by atoms with E-state index in [0.717, 1.165) is 0 Å². The van der Waals surface area contributed by atoms with E-state index < -0.39 is 23.9 Å². The van der Waals surface area contributed by atoms with Gasteiger partial charge in [-0.1, -0.05) is 0 Å². The van der Waals surface area contributed by atoms with Crippen molar-refractivity contribution in [2.24, 2.45) is 0 Å². The Morgan fingerprint density at radius 3 is 0.682 bits per heavy atom. The van der Waals surface area contributed by atoms with E-state index in [2.05, 4.69) is 0 Å². The normalized spacial score (nSPS) is 8.36. The zero-order valence-electron chi connectivity index (χ0n) is 11.7. The van der Waals surface area contributed by atoms with Gasteiger partial charge in [0, 0.05) is 59.8 Å². The maximum atomic E-state index is 9.90. The van der Waals surface area contributed by atoms with Crippen LogP contribution in [0.4, 0.5) is 0 Å². The fourth-order valence-corrected chi connectivity index (χ4v) is 1.10. The van der Waals surface area contributed by atoms with E-state index in [4.69, 9.17) is 20.4 Å². The summed E-state index contributed by atoms with van der Waals surface area (Å²) < 4.78 is 0. The number of hydrogen-bond acceptors (Lipinski definition) is 4. The average molecular weight is 419 g/mol. The van der Waals surface area contributed by atoms with E-state index in [1.54, 1.807) is 0 Å². The molecule has 4 N–H and O–H groups in total. The summed E-state index contributed by atoms with van der Waals surface area (Å²) in [6.07, 6.45) is 2.04. The van der Waals surface area contributed by atoms with Crippen molar-refractivity contribution >= 4 is 23.9 Å². The van der Waals surface area contributed by atoms with Crippen molar-refractivity contribution in [3.63, 3.8) is 0 Å². The quantitative estimate of drug-likeness (QED) is 0.307. The molecular formula is C12H20Cu2O8. The first kappa shape index (κ1) is 29.0. The maximum Gasteiger partial charge on any atom is 0.303 e. The molecule has 0 aliphatic heterocycles. The zero-order chi connectivity index (χ0) is 16.0. The van der Waals surface area contributed by atoms with Crippen LogP contribution in [-0.4, -0.2) is 44.3 Å². The van der Waals surface area contributed by atoms with Gasteiger partial charge < -0.3 is 20.4 Å². The van der Waals surface area contributed by atoms with Gasteiger partial charge in [0.25, 0.3) is 0 Å². The second-order valence-corrected chi connectivity index (χ2v) is 3.99. The van der Waals surface area contributed by atoms with Crippen molar-refractivity contribution in [3.8, 4) is 0 Å². The molecule has 0 bridgehead atoms. The predicted octanol–water partition coefficient (Wildman–Crippen LogP) is 1.43. The summed E-state index contributed by atoms with van der Waals surface area (Å²) in [4.78, 5) is 39.6. The molecular weight excluding hydrogens is 399 g/mol. The number of rotatable bonds is 10. The van der Waals surface area contributed by atoms with Gasteiger partial charge >= 0.3 is 23.9 Å². The van der Waals surface area contributed by atoms with Crippen molar-refractivity contribution in [2.45, 2.75) is 51.4 Å². The number of carboxylic acid groups (broad SMARTS) is 4. The van der Waals surface area contributed by atoms with Crippen LogP contribution in [0.2, 0.25) is 0 Å². The van der Waals surface area contributed by atoms with Crippen molar-refractivity contribution in [1.82, 2.24) is 0 Å². The van der Waals surface area contributed by atoms with Gasteiger partial charge in [0.1, 0.15) is 0 Å². The first-order valence-corrected chi connectivity index (χ1v) is 6.13. The Bertz CT molecular complexity index is 269. The number of hydrogen-bond donors (Lipinski definition) is 4. The molecule has 0 saturated heterocycles. The minimum absolute atomic E-state index is 0. The molecule has 0 aromatic carbocycles. The first-order chi connectivity index (χ1) is 9.25. The van der Waals surface area contributed by atoms with Crippen LogP contribution in [0.5, 0.6) is 0 Å². The van der Waals surface area contributed by atoms with Crippen LogP contribution < -0.4 is 0 Å². The number of carbonyl (C=O) groups is 4. The fourth-order valence-electron chi connectivity index (χ4n) is 1.10. The fraction of sp³-hybridized carbons (Fsp3) is 0.667. The zero-order valence-corrected chi connectivity index (χ0v) is 13.6. The van der Waals surface area contributed by atoms with Gasteiger partial charge in [-0.25, -0.2) is 0 Å². The predicted molar refractivity (Wildman–Crippen MR) is 67.5 cm³/mol. The van der Waals surface area contributed by atoms with E-state index in [1.807, 2.05) is 0 Å². The van der Waals surface area contributed by atoms with Crippen molar-refractivity contribution < 1.29 is 73.7 Å². The van der Waals surface area contributed by atoms with Crippen LogP contribution in [0, 0.1) is 0 Å². The van der Waals surface area contributed by atoms with Crippen molar-refractivity contribution in [2.75, 3.05) is 0 Å². The van der Waals surface area contributed by atoms with E-state index >= 15 is 0 Å². The summed E-state index contributed by atoms with van der Waals surface area (Å²) in [7, 11) is 0. The van der Waals surface area contributed by atoms with E-state index in [-0.39, 0.29) is 59.8 Å². The van der Waals surface area contributed by atoms with Gasteiger partial charge in [-0.2, -0.15) is 0 Å². The SMILES string of the molecule is O=C(O)CCCCC(=O)O.O=C(O)CCCCC(=O)O.[Cu].[Cu]. The molecule has 0 fully saturated rings. The summed E-state index contributed by atoms with van der Waals surface area (Å²) in [5, 5.41) is 32.5. The van der Waals surface area contributed by atoms with Gasteiger partial charge in [0.05, 0.1) is 0 Å². The number of aliphatic carboxylic acids is 4. The molecule has 22 heavy (non-hydrogen) atoms. The largest absolute Gasteiger partial charge is 0.481 e. The molecule has 10 heteroatoms. The number of unbranched alkanes of at least 4 members (excludes halogenated alkanes) is 2. The van der Waals surface area contributed by atoms with Crippen molar-refractivity contribution in [3.05, 3.63) is 0 Å². The molecule has 0 rings (SSSR count). The third-order valence-electron chi connectivity index (χ3n) is 2.06. The maximum absolute atomic E-state index is 9.90. The van der Waals surface area contributed by atoms with Gasteiger partial charge in [-0.05, 0) is 25.7 Å². The molecule has 0 aromatic rings. The van der Waals surface area contributed by atoms with Gasteiger partial charge in [-0.15, -0.1) is 0 Å². The minimum Gasteiger partial charge on any atom is -0.481 e. The molecule has 0 unspecified atom stereocenters. The van der Waals surface area contributed by atoms with Crippen LogP contribution >= 0.6 is 0 Å². The Kier molecular flexibility index (Phi) is 26.3. The van der Waals surface area contributed by atoms with Crippen LogP contribution in [-0.2, 0) is 53.3 Å². The van der Waals surface area contributed by atoms with Gasteiger partial charge in [-0.3, -0.25) is 19.2 Å². The summed E-state index contributed by atoms with van der Waals surface area (Å²) >= 11 is 0. The molecule has 0 heterocycles. The third kappa shape index (κ3) is 36.4. The Morgan fingerprint density at radius 1 is 0.455 bits per heavy atom. The Labute approximate surface area is 149 Å². The van der Waals surface area contributed by atoms with Crippen LogP contribution in [0.1, 0.15) is 51.4 Å². The number of carboxylic acids is 4. The summed E-state index contributed by atoms with van der Waals surface area (Å²) in [5.41, 5.74) is 0. The Balaban J connectivity index is -0.000000135. The monoisotopic (exact) mass is 418 g/mol. The molecule has 0 spiro atoms. The Morgan fingerprint density at radius 2 is 0.591 bits per heavy atom. The smallest absolute Gasteiger partial charge is 0.303 e. The first-order valence-electron chi connectivity index (χ1n) is 6.13. The van der Waals surface area contributed by atoms with Gasteiger partial charge in [0.15, 0.2) is 0 Å². The van der Waals surface area contributed by atoms with E-state index in [0.29, 0.717) is 25.7 Å². The molecule has 0 saturated carbocycles. The molecule has 0 aliphatic rings. The Hall–Kier alpha value is -1.08. The second kappa shape index (κ2) is 19.9. The molecule has 0 aliphatic carbocycles. The van der Waals surface area contributed by atoms with Crippen LogP contribution in [0.15, 0.2) is 0 Å². The van der Waals surface area contributed by atoms with Gasteiger partial charge in [0.2, 0.25) is 0 Å². The topological polar surface area (TPSA) is 149 Å². The summed E-state index contributed by atoms with van der Waals surface area (Å²) in [6.45, 7) is 0. The summed E-state index contributed by atoms with van der Waals surface area (Å²) in [6, 6.07) is 0. The average Bonchev–Trinajstić information content (AvgIpc) is 2.30. The molecule has 8 nitrogen and oxygen atoms in total. The van der Waals surface area contributed by atoms with Crippen molar-refractivity contribution in [1.29, 1.82) is 0 Å². The molecule has 0 aromatic heterocycles. The standard InChI is InChI=1S/2C6H10O4.2Cu/c2*7-5(8)3-1-2-4-6(9)10;;/h2*1-4H2,(H,7,8)(H,9,10);;. The minimum atomic E-state index is -0.870. The van der Waals surface area contributed by atoms with E-state index in [9.17, 15) is 19.2 Å². The molecule has 138 valence electrons. The molecule has 0 atom stereocenters. The van der Waals surface area contributed by atoms with Crippen LogP contribution in [0.3, 0.4) is 0 Å². The second-order valence-electron chi connectivity index (χ2n) is 3.99.